The zero-order valence-corrected chi connectivity index (χ0v) is 17.6. The monoisotopic (exact) mass is 473 g/mol. The molecule has 1 aliphatic heterocycles. The van der Waals surface area contributed by atoms with Gasteiger partial charge in [0, 0.05) is 13.0 Å². The minimum Gasteiger partial charge on any atom is -0.325 e. The Morgan fingerprint density at radius 3 is 2.52 bits per heavy atom. The molecule has 2 aromatic carbocycles. The van der Waals surface area contributed by atoms with E-state index in [0.29, 0.717) is 17.4 Å². The van der Waals surface area contributed by atoms with Crippen LogP contribution in [-0.4, -0.2) is 33.7 Å². The molecule has 1 fully saturated rings. The molecule has 2 aromatic rings. The lowest BCUT2D eigenvalue weighted by Crippen LogP contribution is -2.33. The van der Waals surface area contributed by atoms with Crippen molar-refractivity contribution < 1.29 is 27.2 Å². The summed E-state index contributed by atoms with van der Waals surface area (Å²) in [5.41, 5.74) is -0.704. The Kier molecular flexibility index (Phi) is 6.90. The number of amides is 2. The van der Waals surface area contributed by atoms with E-state index in [-0.39, 0.29) is 23.0 Å². The number of aliphatic imine (C=N–C) groups is 1. The Labute approximate surface area is 184 Å². The van der Waals surface area contributed by atoms with Crippen LogP contribution in [0.1, 0.15) is 18.9 Å². The van der Waals surface area contributed by atoms with Crippen molar-refractivity contribution in [3.63, 3.8) is 0 Å². The van der Waals surface area contributed by atoms with Gasteiger partial charge in [0.05, 0.1) is 22.0 Å². The Bertz CT molecular complexity index is 1030. The van der Waals surface area contributed by atoms with E-state index < -0.39 is 28.7 Å². The van der Waals surface area contributed by atoms with Gasteiger partial charge in [0.25, 0.3) is 0 Å². The number of hydrogen-bond acceptors (Lipinski definition) is 4. The van der Waals surface area contributed by atoms with Crippen LogP contribution in [-0.2, 0) is 15.8 Å². The average Bonchev–Trinajstić information content (AvgIpc) is 2.98. The number of amidine groups is 1. The molecule has 1 atom stereocenters. The van der Waals surface area contributed by atoms with E-state index in [4.69, 9.17) is 11.6 Å². The molecule has 1 N–H and O–H groups in total. The van der Waals surface area contributed by atoms with Crippen LogP contribution in [0.3, 0.4) is 0 Å². The number of carbonyl (C=O) groups is 2. The number of halogens is 5. The normalized spacial score (nSPS) is 18.0. The first-order valence-electron chi connectivity index (χ1n) is 9.07. The summed E-state index contributed by atoms with van der Waals surface area (Å²) in [6.07, 6.45) is -4.87. The molecule has 0 radical (unpaired) electrons. The fraction of sp³-hybridized carbons (Fsp3) is 0.250. The highest BCUT2D eigenvalue weighted by atomic mass is 35.5. The van der Waals surface area contributed by atoms with Gasteiger partial charge in [-0.3, -0.25) is 14.5 Å². The van der Waals surface area contributed by atoms with E-state index in [9.17, 15) is 27.2 Å². The number of thioether (sulfide) groups is 1. The molecule has 0 bridgehead atoms. The zero-order valence-electron chi connectivity index (χ0n) is 16.0. The first kappa shape index (κ1) is 23.1. The summed E-state index contributed by atoms with van der Waals surface area (Å²) >= 11 is 6.96. The van der Waals surface area contributed by atoms with E-state index in [1.807, 2.05) is 0 Å². The molecular formula is C20H16ClF4N3O2S. The second-order valence-corrected chi connectivity index (χ2v) is 8.08. The lowest BCUT2D eigenvalue weighted by Gasteiger charge is -2.14. The lowest BCUT2D eigenvalue weighted by atomic mass is 10.2. The number of hydrogen-bond donors (Lipinski definition) is 1. The van der Waals surface area contributed by atoms with E-state index >= 15 is 0 Å². The molecule has 1 unspecified atom stereocenters. The molecule has 2 amide bonds. The largest absolute Gasteiger partial charge is 0.416 e. The second kappa shape index (κ2) is 9.27. The zero-order chi connectivity index (χ0) is 22.8. The maximum absolute atomic E-state index is 13.1. The van der Waals surface area contributed by atoms with Gasteiger partial charge in [-0.25, -0.2) is 9.38 Å². The van der Waals surface area contributed by atoms with Gasteiger partial charge < -0.3 is 5.32 Å². The summed E-state index contributed by atoms with van der Waals surface area (Å²) in [5, 5.41) is 1.84. The quantitative estimate of drug-likeness (QED) is 0.585. The summed E-state index contributed by atoms with van der Waals surface area (Å²) in [4.78, 5) is 30.8. The molecule has 0 aliphatic carbocycles. The van der Waals surface area contributed by atoms with E-state index in [2.05, 4.69) is 10.3 Å². The fourth-order valence-corrected chi connectivity index (χ4v) is 4.20. The third-order valence-corrected chi connectivity index (χ3v) is 5.83. The summed E-state index contributed by atoms with van der Waals surface area (Å²) in [6, 6.07) is 7.98. The average molecular weight is 474 g/mol. The highest BCUT2D eigenvalue weighted by molar-refractivity contribution is 8.15. The van der Waals surface area contributed by atoms with Crippen LogP contribution in [0, 0.1) is 5.82 Å². The fourth-order valence-electron chi connectivity index (χ4n) is 2.81. The van der Waals surface area contributed by atoms with Crippen molar-refractivity contribution in [3.05, 3.63) is 58.9 Å². The number of nitrogens with zero attached hydrogens (tertiary/aromatic N) is 2. The number of rotatable bonds is 5. The van der Waals surface area contributed by atoms with Crippen molar-refractivity contribution in [2.45, 2.75) is 24.8 Å². The van der Waals surface area contributed by atoms with E-state index in [1.54, 1.807) is 6.92 Å². The minimum absolute atomic E-state index is 0.0551. The van der Waals surface area contributed by atoms with Crippen LogP contribution in [0.4, 0.5) is 28.9 Å². The van der Waals surface area contributed by atoms with Gasteiger partial charge in [-0.1, -0.05) is 23.4 Å². The molecule has 11 heteroatoms. The maximum atomic E-state index is 13.1. The predicted octanol–water partition coefficient (Wildman–Crippen LogP) is 5.48. The standard InChI is InChI=1S/C20H16ClF4N3O2S/c1-2-28-18(30)16(31-19(28)26-13-6-4-12(22)5-7-13)10-17(29)27-15-9-11(20(23,24)25)3-8-14(15)21/h3-9,16H,2,10H2,1H3,(H,27,29). The first-order valence-corrected chi connectivity index (χ1v) is 10.3. The topological polar surface area (TPSA) is 61.8 Å². The van der Waals surface area contributed by atoms with Gasteiger partial charge >= 0.3 is 6.18 Å². The molecule has 1 saturated heterocycles. The van der Waals surface area contributed by atoms with Crippen molar-refractivity contribution in [3.8, 4) is 0 Å². The SMILES string of the molecule is CCN1C(=O)C(CC(=O)Nc2cc(C(F)(F)F)ccc2Cl)SC1=Nc1ccc(F)cc1. The Balaban J connectivity index is 1.73. The van der Waals surface area contributed by atoms with Crippen molar-refractivity contribution in [1.29, 1.82) is 0 Å². The first-order chi connectivity index (χ1) is 14.6. The second-order valence-electron chi connectivity index (χ2n) is 6.50. The van der Waals surface area contributed by atoms with Crippen LogP contribution in [0.2, 0.25) is 5.02 Å². The van der Waals surface area contributed by atoms with Crippen molar-refractivity contribution >= 4 is 51.7 Å². The highest BCUT2D eigenvalue weighted by Crippen LogP contribution is 2.35. The molecule has 3 rings (SSSR count). The summed E-state index contributed by atoms with van der Waals surface area (Å²) in [7, 11) is 0. The van der Waals surface area contributed by atoms with Crippen molar-refractivity contribution in [2.75, 3.05) is 11.9 Å². The number of benzene rings is 2. The van der Waals surface area contributed by atoms with Gasteiger partial charge in [0.15, 0.2) is 5.17 Å². The van der Waals surface area contributed by atoms with Gasteiger partial charge in [-0.2, -0.15) is 13.2 Å². The van der Waals surface area contributed by atoms with Crippen LogP contribution in [0.25, 0.3) is 0 Å². The van der Waals surface area contributed by atoms with Crippen LogP contribution < -0.4 is 5.32 Å². The van der Waals surface area contributed by atoms with Gasteiger partial charge in [-0.05, 0) is 49.4 Å². The molecule has 164 valence electrons. The Morgan fingerprint density at radius 1 is 1.23 bits per heavy atom. The van der Waals surface area contributed by atoms with E-state index in [0.717, 1.165) is 30.0 Å². The van der Waals surface area contributed by atoms with Gasteiger partial charge in [0.2, 0.25) is 11.8 Å². The minimum atomic E-state index is -4.59. The van der Waals surface area contributed by atoms with Gasteiger partial charge in [-0.15, -0.1) is 0 Å². The third kappa shape index (κ3) is 5.56. The van der Waals surface area contributed by atoms with Crippen LogP contribution in [0.5, 0.6) is 0 Å². The number of alkyl halides is 3. The molecule has 0 spiro atoms. The number of carbonyl (C=O) groups excluding carboxylic acids is 2. The summed E-state index contributed by atoms with van der Waals surface area (Å²) < 4.78 is 51.8. The van der Waals surface area contributed by atoms with E-state index in [1.165, 1.54) is 29.2 Å². The lowest BCUT2D eigenvalue weighted by molar-refractivity contribution is -0.137. The molecular weight excluding hydrogens is 458 g/mol. The van der Waals surface area contributed by atoms with Crippen molar-refractivity contribution in [2.24, 2.45) is 4.99 Å². The van der Waals surface area contributed by atoms with Crippen LogP contribution in [0.15, 0.2) is 47.5 Å². The van der Waals surface area contributed by atoms with Gasteiger partial charge in [0.1, 0.15) is 11.1 Å². The smallest absolute Gasteiger partial charge is 0.325 e. The Hall–Kier alpha value is -2.59. The van der Waals surface area contributed by atoms with Crippen LogP contribution >= 0.6 is 23.4 Å². The number of anilines is 1. The number of nitrogens with one attached hydrogen (secondary N) is 1. The molecule has 0 saturated carbocycles. The summed E-state index contributed by atoms with van der Waals surface area (Å²) in [5.74, 6) is -1.43. The third-order valence-electron chi connectivity index (χ3n) is 4.33. The highest BCUT2D eigenvalue weighted by Gasteiger charge is 2.38. The molecule has 0 aromatic heterocycles. The molecule has 31 heavy (non-hydrogen) atoms. The maximum Gasteiger partial charge on any atom is 0.416 e. The molecule has 1 aliphatic rings. The Morgan fingerprint density at radius 2 is 1.90 bits per heavy atom. The summed E-state index contributed by atoms with van der Waals surface area (Å²) in [6.45, 7) is 2.05. The molecule has 5 nitrogen and oxygen atoms in total. The molecule has 1 heterocycles. The predicted molar refractivity (Wildman–Crippen MR) is 112 cm³/mol. The van der Waals surface area contributed by atoms with Crippen molar-refractivity contribution in [1.82, 2.24) is 4.90 Å².